The molecule has 2 heteroatoms. The lowest BCUT2D eigenvalue weighted by Crippen LogP contribution is -2.09. The number of rotatable bonds is 3. The molecule has 1 atom stereocenters. The highest BCUT2D eigenvalue weighted by Gasteiger charge is 2.08. The summed E-state index contributed by atoms with van der Waals surface area (Å²) in [7, 11) is 3.96. The summed E-state index contributed by atoms with van der Waals surface area (Å²) in [4.78, 5) is 2.01. The van der Waals surface area contributed by atoms with Crippen LogP contribution in [0.15, 0.2) is 36.4 Å². The van der Waals surface area contributed by atoms with Crippen molar-refractivity contribution in [2.24, 2.45) is 0 Å². The Labute approximate surface area is 85.5 Å². The molecule has 0 bridgehead atoms. The van der Waals surface area contributed by atoms with Crippen molar-refractivity contribution < 1.29 is 5.11 Å². The van der Waals surface area contributed by atoms with Crippen molar-refractivity contribution in [3.63, 3.8) is 0 Å². The Morgan fingerprint density at radius 1 is 1.43 bits per heavy atom. The van der Waals surface area contributed by atoms with Crippen molar-refractivity contribution in [3.8, 4) is 0 Å². The molecule has 0 saturated carbocycles. The predicted molar refractivity (Wildman–Crippen MR) is 60.5 cm³/mol. The summed E-state index contributed by atoms with van der Waals surface area (Å²) in [5.41, 5.74) is 2.74. The number of anilines is 1. The maximum absolute atomic E-state index is 9.79. The van der Waals surface area contributed by atoms with Gasteiger partial charge in [-0.1, -0.05) is 18.7 Å². The molecule has 1 rings (SSSR count). The van der Waals surface area contributed by atoms with Crippen LogP contribution in [0.25, 0.3) is 0 Å². The van der Waals surface area contributed by atoms with Gasteiger partial charge in [0.25, 0.3) is 0 Å². The summed E-state index contributed by atoms with van der Waals surface area (Å²) >= 11 is 0. The maximum atomic E-state index is 9.79. The van der Waals surface area contributed by atoms with E-state index >= 15 is 0 Å². The van der Waals surface area contributed by atoms with Crippen molar-refractivity contribution in [2.75, 3.05) is 19.0 Å². The number of hydrogen-bond acceptors (Lipinski definition) is 2. The Balaban J connectivity index is 2.99. The lowest BCUT2D eigenvalue weighted by atomic mass is 10.0. The van der Waals surface area contributed by atoms with Gasteiger partial charge in [-0.3, -0.25) is 0 Å². The van der Waals surface area contributed by atoms with E-state index in [-0.39, 0.29) is 0 Å². The Hall–Kier alpha value is -1.28. The largest absolute Gasteiger partial charge is 0.384 e. The van der Waals surface area contributed by atoms with Crippen molar-refractivity contribution in [1.29, 1.82) is 0 Å². The van der Waals surface area contributed by atoms with Crippen LogP contribution in [0.3, 0.4) is 0 Å². The molecule has 0 heterocycles. The Kier molecular flexibility index (Phi) is 3.31. The van der Waals surface area contributed by atoms with Gasteiger partial charge in [-0.05, 0) is 30.2 Å². The summed E-state index contributed by atoms with van der Waals surface area (Å²) in [6.45, 7) is 5.57. The highest BCUT2D eigenvalue weighted by molar-refractivity contribution is 5.48. The summed E-state index contributed by atoms with van der Waals surface area (Å²) in [5.74, 6) is 0. The highest BCUT2D eigenvalue weighted by Crippen LogP contribution is 2.23. The van der Waals surface area contributed by atoms with Crippen LogP contribution in [0.5, 0.6) is 0 Å². The average Bonchev–Trinajstić information content (AvgIpc) is 2.16. The number of aliphatic hydroxyl groups excluding tert-OH is 1. The minimum absolute atomic E-state index is 0.560. The number of benzene rings is 1. The van der Waals surface area contributed by atoms with E-state index in [1.807, 2.05) is 50.2 Å². The Morgan fingerprint density at radius 2 is 2.07 bits per heavy atom. The van der Waals surface area contributed by atoms with Gasteiger partial charge >= 0.3 is 0 Å². The SMILES string of the molecule is C=C(C)C(O)c1cccc(N(C)C)c1. The molecule has 1 N–H and O–H groups in total. The quantitative estimate of drug-likeness (QED) is 0.741. The van der Waals surface area contributed by atoms with Crippen LogP contribution in [0, 0.1) is 0 Å². The first-order valence-corrected chi connectivity index (χ1v) is 4.63. The molecule has 0 spiro atoms. The highest BCUT2D eigenvalue weighted by atomic mass is 16.3. The molecule has 1 aromatic rings. The van der Waals surface area contributed by atoms with E-state index in [0.29, 0.717) is 0 Å². The smallest absolute Gasteiger partial charge is 0.0996 e. The molecule has 76 valence electrons. The monoisotopic (exact) mass is 191 g/mol. The molecule has 0 fully saturated rings. The molecule has 1 aromatic carbocycles. The molecule has 0 aliphatic rings. The maximum Gasteiger partial charge on any atom is 0.0996 e. The van der Waals surface area contributed by atoms with E-state index < -0.39 is 6.10 Å². The van der Waals surface area contributed by atoms with Gasteiger partial charge in [0, 0.05) is 19.8 Å². The van der Waals surface area contributed by atoms with E-state index in [0.717, 1.165) is 16.8 Å². The molecule has 0 aliphatic carbocycles. The lowest BCUT2D eigenvalue weighted by molar-refractivity contribution is 0.216. The standard InChI is InChI=1S/C12H17NO/c1-9(2)12(14)10-6-5-7-11(8-10)13(3)4/h5-8,12,14H,1H2,2-4H3. The van der Waals surface area contributed by atoms with Crippen LogP contribution in [0.2, 0.25) is 0 Å². The van der Waals surface area contributed by atoms with Gasteiger partial charge in [0.1, 0.15) is 0 Å². The first-order chi connectivity index (χ1) is 6.52. The summed E-state index contributed by atoms with van der Waals surface area (Å²) in [6.07, 6.45) is -0.560. The normalized spacial score (nSPS) is 12.3. The lowest BCUT2D eigenvalue weighted by Gasteiger charge is -2.16. The van der Waals surface area contributed by atoms with Crippen LogP contribution >= 0.6 is 0 Å². The summed E-state index contributed by atoms with van der Waals surface area (Å²) < 4.78 is 0. The molecular formula is C12H17NO. The van der Waals surface area contributed by atoms with Crippen LogP contribution in [-0.4, -0.2) is 19.2 Å². The fourth-order valence-corrected chi connectivity index (χ4v) is 1.26. The van der Waals surface area contributed by atoms with Crippen molar-refractivity contribution >= 4 is 5.69 Å². The van der Waals surface area contributed by atoms with Crippen molar-refractivity contribution in [1.82, 2.24) is 0 Å². The van der Waals surface area contributed by atoms with E-state index in [9.17, 15) is 5.11 Å². The second-order valence-electron chi connectivity index (χ2n) is 3.74. The zero-order valence-electron chi connectivity index (χ0n) is 8.99. The van der Waals surface area contributed by atoms with Gasteiger partial charge < -0.3 is 10.0 Å². The number of hydrogen-bond donors (Lipinski definition) is 1. The number of nitrogens with zero attached hydrogens (tertiary/aromatic N) is 1. The van der Waals surface area contributed by atoms with E-state index in [1.54, 1.807) is 0 Å². The molecule has 0 radical (unpaired) electrons. The molecule has 2 nitrogen and oxygen atoms in total. The third kappa shape index (κ3) is 2.36. The van der Waals surface area contributed by atoms with Gasteiger partial charge in [0.15, 0.2) is 0 Å². The second kappa shape index (κ2) is 4.29. The van der Waals surface area contributed by atoms with E-state index in [4.69, 9.17) is 0 Å². The summed E-state index contributed by atoms with van der Waals surface area (Å²) in [6, 6.07) is 7.83. The first-order valence-electron chi connectivity index (χ1n) is 4.63. The van der Waals surface area contributed by atoms with E-state index in [2.05, 4.69) is 6.58 Å². The molecule has 0 amide bonds. The molecule has 0 aliphatic heterocycles. The van der Waals surface area contributed by atoms with Gasteiger partial charge in [-0.15, -0.1) is 0 Å². The summed E-state index contributed by atoms with van der Waals surface area (Å²) in [5, 5.41) is 9.79. The third-order valence-corrected chi connectivity index (χ3v) is 2.17. The molecule has 1 unspecified atom stereocenters. The predicted octanol–water partition coefficient (Wildman–Crippen LogP) is 2.36. The van der Waals surface area contributed by atoms with Gasteiger partial charge in [0.2, 0.25) is 0 Å². The van der Waals surface area contributed by atoms with Crippen LogP contribution < -0.4 is 4.90 Å². The average molecular weight is 191 g/mol. The zero-order chi connectivity index (χ0) is 10.7. The van der Waals surface area contributed by atoms with Crippen LogP contribution in [-0.2, 0) is 0 Å². The van der Waals surface area contributed by atoms with Gasteiger partial charge in [-0.2, -0.15) is 0 Å². The molecular weight excluding hydrogens is 174 g/mol. The van der Waals surface area contributed by atoms with Gasteiger partial charge in [0.05, 0.1) is 6.10 Å². The number of aliphatic hydroxyl groups is 1. The minimum Gasteiger partial charge on any atom is -0.384 e. The molecule has 14 heavy (non-hydrogen) atoms. The third-order valence-electron chi connectivity index (χ3n) is 2.17. The van der Waals surface area contributed by atoms with Crippen molar-refractivity contribution in [3.05, 3.63) is 42.0 Å². The fourth-order valence-electron chi connectivity index (χ4n) is 1.26. The minimum atomic E-state index is -0.560. The van der Waals surface area contributed by atoms with Crippen LogP contribution in [0.1, 0.15) is 18.6 Å². The van der Waals surface area contributed by atoms with Gasteiger partial charge in [-0.25, -0.2) is 0 Å². The Bertz CT molecular complexity index is 331. The zero-order valence-corrected chi connectivity index (χ0v) is 8.99. The van der Waals surface area contributed by atoms with Crippen molar-refractivity contribution in [2.45, 2.75) is 13.0 Å². The first kappa shape index (κ1) is 10.8. The second-order valence-corrected chi connectivity index (χ2v) is 3.74. The topological polar surface area (TPSA) is 23.5 Å². The van der Waals surface area contributed by atoms with E-state index in [1.165, 1.54) is 0 Å². The fraction of sp³-hybridized carbons (Fsp3) is 0.333. The molecule has 0 aromatic heterocycles. The van der Waals surface area contributed by atoms with Crippen LogP contribution in [0.4, 0.5) is 5.69 Å². The Morgan fingerprint density at radius 3 is 2.57 bits per heavy atom. The molecule has 0 saturated heterocycles.